The summed E-state index contributed by atoms with van der Waals surface area (Å²) in [6, 6.07) is 9.98. The van der Waals surface area contributed by atoms with Crippen LogP contribution in [-0.2, 0) is 11.3 Å². The molecule has 2 heterocycles. The first-order chi connectivity index (χ1) is 12.3. The molecule has 1 aromatic heterocycles. The van der Waals surface area contributed by atoms with Crippen molar-refractivity contribution < 1.29 is 9.53 Å². The van der Waals surface area contributed by atoms with E-state index in [1.165, 1.54) is 0 Å². The summed E-state index contributed by atoms with van der Waals surface area (Å²) in [5.74, 6) is 0.974. The number of nitrogens with one attached hydrogen (secondary N) is 1. The fourth-order valence-corrected chi connectivity index (χ4v) is 4.32. The number of nitrogens with zero attached hydrogens (tertiary/aromatic N) is 1. The summed E-state index contributed by atoms with van der Waals surface area (Å²) in [4.78, 5) is 15.9. The molecular formula is C19H24N2O2S2. The largest absolute Gasteiger partial charge is 0.376 e. The Bertz CT molecular complexity index is 670. The van der Waals surface area contributed by atoms with Crippen LogP contribution in [0.3, 0.4) is 0 Å². The maximum atomic E-state index is 12.9. The fraction of sp³-hybridized carbons (Fsp3) is 0.421. The van der Waals surface area contributed by atoms with E-state index in [-0.39, 0.29) is 12.1 Å². The van der Waals surface area contributed by atoms with E-state index in [2.05, 4.69) is 23.7 Å². The third-order valence-electron chi connectivity index (χ3n) is 4.12. The van der Waals surface area contributed by atoms with Gasteiger partial charge >= 0.3 is 6.03 Å². The smallest absolute Gasteiger partial charge is 0.322 e. The molecule has 3 rings (SSSR count). The lowest BCUT2D eigenvalue weighted by Gasteiger charge is -2.26. The van der Waals surface area contributed by atoms with Crippen LogP contribution in [0.5, 0.6) is 0 Å². The SMILES string of the molecule is CCSc1ccccc1NC(=O)N(Cc1ccsc1)C[C@H]1CCCO1. The van der Waals surface area contributed by atoms with Crippen molar-refractivity contribution in [2.75, 3.05) is 24.2 Å². The van der Waals surface area contributed by atoms with Gasteiger partial charge in [0.15, 0.2) is 0 Å². The summed E-state index contributed by atoms with van der Waals surface area (Å²) < 4.78 is 5.74. The van der Waals surface area contributed by atoms with E-state index >= 15 is 0 Å². The van der Waals surface area contributed by atoms with Crippen LogP contribution >= 0.6 is 23.1 Å². The van der Waals surface area contributed by atoms with Crippen LogP contribution in [0.15, 0.2) is 46.0 Å². The predicted molar refractivity (Wildman–Crippen MR) is 106 cm³/mol. The summed E-state index contributed by atoms with van der Waals surface area (Å²) in [7, 11) is 0. The van der Waals surface area contributed by atoms with Gasteiger partial charge in [0.2, 0.25) is 0 Å². The van der Waals surface area contributed by atoms with Crippen molar-refractivity contribution in [3.8, 4) is 0 Å². The van der Waals surface area contributed by atoms with Gasteiger partial charge in [0.05, 0.1) is 11.8 Å². The number of hydrogen-bond donors (Lipinski definition) is 1. The van der Waals surface area contributed by atoms with Crippen molar-refractivity contribution in [2.45, 2.75) is 37.3 Å². The Morgan fingerprint density at radius 2 is 2.28 bits per heavy atom. The van der Waals surface area contributed by atoms with Gasteiger partial charge in [-0.1, -0.05) is 19.1 Å². The van der Waals surface area contributed by atoms with E-state index in [1.54, 1.807) is 23.1 Å². The van der Waals surface area contributed by atoms with Crippen LogP contribution in [0.1, 0.15) is 25.3 Å². The molecule has 1 atom stereocenters. The van der Waals surface area contributed by atoms with E-state index in [4.69, 9.17) is 4.74 Å². The Kier molecular flexibility index (Phi) is 6.78. The van der Waals surface area contributed by atoms with Crippen molar-refractivity contribution in [2.24, 2.45) is 0 Å². The summed E-state index contributed by atoms with van der Waals surface area (Å²) in [5, 5.41) is 7.24. The van der Waals surface area contributed by atoms with Crippen LogP contribution in [0.2, 0.25) is 0 Å². The number of ether oxygens (including phenoxy) is 1. The van der Waals surface area contributed by atoms with E-state index < -0.39 is 0 Å². The molecule has 1 aliphatic heterocycles. The maximum absolute atomic E-state index is 12.9. The lowest BCUT2D eigenvalue weighted by atomic mass is 10.2. The molecule has 0 bridgehead atoms. The van der Waals surface area contributed by atoms with Gasteiger partial charge in [-0.25, -0.2) is 4.79 Å². The minimum absolute atomic E-state index is 0.0640. The predicted octanol–water partition coefficient (Wildman–Crippen LogP) is 5.07. The summed E-state index contributed by atoms with van der Waals surface area (Å²) >= 11 is 3.39. The zero-order chi connectivity index (χ0) is 17.5. The van der Waals surface area contributed by atoms with Crippen LogP contribution in [0.4, 0.5) is 10.5 Å². The Morgan fingerprint density at radius 1 is 1.40 bits per heavy atom. The number of urea groups is 1. The Balaban J connectivity index is 1.71. The molecule has 4 nitrogen and oxygen atoms in total. The van der Waals surface area contributed by atoms with Crippen LogP contribution < -0.4 is 5.32 Å². The van der Waals surface area contributed by atoms with Crippen molar-refractivity contribution in [3.63, 3.8) is 0 Å². The average Bonchev–Trinajstić information content (AvgIpc) is 3.30. The van der Waals surface area contributed by atoms with Gasteiger partial charge in [0.25, 0.3) is 0 Å². The second-order valence-electron chi connectivity index (χ2n) is 6.01. The lowest BCUT2D eigenvalue weighted by Crippen LogP contribution is -2.39. The molecule has 0 aliphatic carbocycles. The minimum atomic E-state index is -0.0640. The van der Waals surface area contributed by atoms with Crippen molar-refractivity contribution in [3.05, 3.63) is 46.7 Å². The summed E-state index contributed by atoms with van der Waals surface area (Å²) in [6.07, 6.45) is 2.24. The number of thioether (sulfide) groups is 1. The summed E-state index contributed by atoms with van der Waals surface area (Å²) in [6.45, 7) is 4.15. The summed E-state index contributed by atoms with van der Waals surface area (Å²) in [5.41, 5.74) is 2.04. The van der Waals surface area contributed by atoms with Gasteiger partial charge in [-0.15, -0.1) is 11.8 Å². The van der Waals surface area contributed by atoms with Gasteiger partial charge in [-0.2, -0.15) is 11.3 Å². The molecule has 6 heteroatoms. The van der Waals surface area contributed by atoms with Crippen LogP contribution in [-0.4, -0.2) is 35.9 Å². The van der Waals surface area contributed by atoms with Gasteiger partial charge in [-0.05, 0) is 53.1 Å². The van der Waals surface area contributed by atoms with Gasteiger partial charge < -0.3 is 15.0 Å². The molecule has 2 aromatic rings. The maximum Gasteiger partial charge on any atom is 0.322 e. The lowest BCUT2D eigenvalue weighted by molar-refractivity contribution is 0.0819. The van der Waals surface area contributed by atoms with Crippen molar-refractivity contribution in [1.82, 2.24) is 4.90 Å². The average molecular weight is 377 g/mol. The van der Waals surface area contributed by atoms with Crippen molar-refractivity contribution >= 4 is 34.8 Å². The second-order valence-corrected chi connectivity index (χ2v) is 8.09. The molecule has 134 valence electrons. The molecule has 0 unspecified atom stereocenters. The Labute approximate surface area is 157 Å². The van der Waals surface area contributed by atoms with Crippen LogP contribution in [0.25, 0.3) is 0 Å². The van der Waals surface area contributed by atoms with Crippen LogP contribution in [0, 0.1) is 0 Å². The third kappa shape index (κ3) is 5.23. The number of para-hydroxylation sites is 1. The van der Waals surface area contributed by atoms with Gasteiger partial charge in [0.1, 0.15) is 0 Å². The number of hydrogen-bond acceptors (Lipinski definition) is 4. The first kappa shape index (κ1) is 18.3. The molecular weight excluding hydrogens is 352 g/mol. The van der Waals surface area contributed by atoms with Gasteiger partial charge in [0, 0.05) is 24.6 Å². The van der Waals surface area contributed by atoms with E-state index in [0.717, 1.165) is 41.3 Å². The number of carbonyl (C=O) groups excluding carboxylic acids is 1. The number of anilines is 1. The number of amides is 2. The molecule has 0 saturated carbocycles. The quantitative estimate of drug-likeness (QED) is 0.686. The minimum Gasteiger partial charge on any atom is -0.376 e. The molecule has 1 N–H and O–H groups in total. The molecule has 1 saturated heterocycles. The standard InChI is InChI=1S/C19H24N2O2S2/c1-2-25-18-8-4-3-7-17(18)20-19(22)21(12-15-9-11-24-14-15)13-16-6-5-10-23-16/h3-4,7-9,11,14,16H,2,5-6,10,12-13H2,1H3,(H,20,22)/t16-/m1/s1. The second kappa shape index (κ2) is 9.27. The zero-order valence-electron chi connectivity index (χ0n) is 14.4. The number of rotatable bonds is 7. The molecule has 2 amide bonds. The van der Waals surface area contributed by atoms with E-state index in [0.29, 0.717) is 13.1 Å². The van der Waals surface area contributed by atoms with E-state index in [1.807, 2.05) is 34.5 Å². The first-order valence-electron chi connectivity index (χ1n) is 8.66. The molecule has 0 radical (unpaired) electrons. The van der Waals surface area contributed by atoms with E-state index in [9.17, 15) is 4.79 Å². The molecule has 1 aliphatic rings. The highest BCUT2D eigenvalue weighted by atomic mass is 32.2. The third-order valence-corrected chi connectivity index (χ3v) is 5.80. The highest BCUT2D eigenvalue weighted by molar-refractivity contribution is 7.99. The molecule has 1 aromatic carbocycles. The monoisotopic (exact) mass is 376 g/mol. The molecule has 0 spiro atoms. The number of benzene rings is 1. The van der Waals surface area contributed by atoms with Gasteiger partial charge in [-0.3, -0.25) is 0 Å². The highest BCUT2D eigenvalue weighted by Crippen LogP contribution is 2.27. The Morgan fingerprint density at radius 3 is 3.00 bits per heavy atom. The first-order valence-corrected chi connectivity index (χ1v) is 10.6. The van der Waals surface area contributed by atoms with Crippen molar-refractivity contribution in [1.29, 1.82) is 0 Å². The number of thiophene rings is 1. The normalized spacial score (nSPS) is 16.8. The fourth-order valence-electron chi connectivity index (χ4n) is 2.90. The topological polar surface area (TPSA) is 41.6 Å². The highest BCUT2D eigenvalue weighted by Gasteiger charge is 2.23. The Hall–Kier alpha value is -1.50. The molecule has 1 fully saturated rings. The number of carbonyl (C=O) groups is 1. The molecule has 25 heavy (non-hydrogen) atoms. The zero-order valence-corrected chi connectivity index (χ0v) is 16.1.